The van der Waals surface area contributed by atoms with Crippen molar-refractivity contribution in [2.24, 2.45) is 11.7 Å². The van der Waals surface area contributed by atoms with Crippen LogP contribution in [0.3, 0.4) is 0 Å². The van der Waals surface area contributed by atoms with Crippen molar-refractivity contribution in [3.05, 3.63) is 52.9 Å². The Kier molecular flexibility index (Phi) is 8.22. The number of ketones is 1. The van der Waals surface area contributed by atoms with Crippen LogP contribution in [-0.2, 0) is 28.8 Å². The molecule has 0 saturated heterocycles. The highest BCUT2D eigenvalue weighted by atomic mass is 16.6. The van der Waals surface area contributed by atoms with Gasteiger partial charge in [-0.25, -0.2) is 9.48 Å². The minimum Gasteiger partial charge on any atom is -0.444 e. The zero-order valence-corrected chi connectivity index (χ0v) is 23.2. The number of hydrogen-bond donors (Lipinski definition) is 2. The number of nitrogens with zero attached hydrogens (tertiary/aromatic N) is 3. The number of amides is 2. The maximum absolute atomic E-state index is 12.7. The number of carbonyl (C=O) groups excluding carboxylic acids is 3. The lowest BCUT2D eigenvalue weighted by molar-refractivity contribution is -0.118. The van der Waals surface area contributed by atoms with E-state index < -0.39 is 17.6 Å². The first-order valence-corrected chi connectivity index (χ1v) is 13.4. The van der Waals surface area contributed by atoms with Crippen LogP contribution in [0.25, 0.3) is 11.3 Å². The highest BCUT2D eigenvalue weighted by molar-refractivity contribution is 6.06. The number of rotatable bonds is 10. The van der Waals surface area contributed by atoms with Gasteiger partial charge in [-0.3, -0.25) is 14.9 Å². The maximum Gasteiger partial charge on any atom is 0.413 e. The Balaban J connectivity index is 1.48. The topological polar surface area (TPSA) is 142 Å². The summed E-state index contributed by atoms with van der Waals surface area (Å²) in [5.74, 6) is 0.722. The predicted molar refractivity (Wildman–Crippen MR) is 146 cm³/mol. The van der Waals surface area contributed by atoms with Crippen molar-refractivity contribution in [3.8, 4) is 11.3 Å². The van der Waals surface area contributed by atoms with Gasteiger partial charge in [-0.1, -0.05) is 48.7 Å². The molecule has 0 atom stereocenters. The van der Waals surface area contributed by atoms with Gasteiger partial charge < -0.3 is 15.0 Å². The number of hydrogen-bond acceptors (Lipinski definition) is 7. The third-order valence-electron chi connectivity index (χ3n) is 6.60. The van der Waals surface area contributed by atoms with E-state index >= 15 is 0 Å². The van der Waals surface area contributed by atoms with Crippen molar-refractivity contribution in [1.82, 2.24) is 14.9 Å². The zero-order valence-electron chi connectivity index (χ0n) is 23.2. The van der Waals surface area contributed by atoms with E-state index in [-0.39, 0.29) is 36.0 Å². The van der Waals surface area contributed by atoms with Gasteiger partial charge in [-0.2, -0.15) is 5.10 Å². The van der Waals surface area contributed by atoms with E-state index in [1.807, 2.05) is 32.0 Å². The second-order valence-electron chi connectivity index (χ2n) is 11.5. The normalized spacial score (nSPS) is 13.8. The second-order valence-corrected chi connectivity index (χ2v) is 11.5. The zero-order chi connectivity index (χ0) is 28.3. The number of ether oxygens (including phenoxy) is 1. The summed E-state index contributed by atoms with van der Waals surface area (Å²) in [6.45, 7) is 9.00. The largest absolute Gasteiger partial charge is 0.444 e. The molecule has 0 spiro atoms. The number of nitrogens with two attached hydrogens (primary N) is 1. The molecule has 1 aromatic carbocycles. The van der Waals surface area contributed by atoms with E-state index in [2.05, 4.69) is 15.6 Å². The van der Waals surface area contributed by atoms with E-state index in [1.165, 1.54) is 23.9 Å². The van der Waals surface area contributed by atoms with Crippen molar-refractivity contribution in [3.63, 3.8) is 0 Å². The lowest BCUT2D eigenvalue weighted by Crippen LogP contribution is -2.29. The summed E-state index contributed by atoms with van der Waals surface area (Å²) >= 11 is 0. The molecule has 0 unspecified atom stereocenters. The van der Waals surface area contributed by atoms with Crippen molar-refractivity contribution in [2.45, 2.75) is 84.8 Å². The smallest absolute Gasteiger partial charge is 0.413 e. The van der Waals surface area contributed by atoms with Crippen molar-refractivity contribution < 1.29 is 23.6 Å². The summed E-state index contributed by atoms with van der Waals surface area (Å²) in [4.78, 5) is 37.7. The first-order valence-electron chi connectivity index (χ1n) is 13.4. The van der Waals surface area contributed by atoms with Gasteiger partial charge in [0.15, 0.2) is 0 Å². The van der Waals surface area contributed by atoms with Crippen LogP contribution in [0.2, 0.25) is 0 Å². The predicted octanol–water partition coefficient (Wildman–Crippen LogP) is 5.26. The lowest BCUT2D eigenvalue weighted by atomic mass is 9.82. The molecule has 1 fully saturated rings. The summed E-state index contributed by atoms with van der Waals surface area (Å²) in [5, 5.41) is 11.4. The van der Waals surface area contributed by atoms with Crippen LogP contribution in [0.15, 0.2) is 34.9 Å². The second kappa shape index (κ2) is 11.4. The molecule has 2 amide bonds. The molecular weight excluding hydrogens is 498 g/mol. The fraction of sp³-hybridized carbons (Fsp3) is 0.483. The standard InChI is InChI=1S/C29H37N5O5/c1-17(2)34-27(31-28(37)38-29(3,4)5)24(26(30)36)25(32-34)20-11-9-19(10-12-20)14-22(35)16-23-15-21(33-39-23)13-18-7-6-8-18/h9-12,15,17-18H,6-8,13-14,16H2,1-5H3,(H2,30,36)(H,31,37). The van der Waals surface area contributed by atoms with Crippen LogP contribution >= 0.6 is 0 Å². The van der Waals surface area contributed by atoms with Crippen molar-refractivity contribution in [1.29, 1.82) is 0 Å². The third kappa shape index (κ3) is 7.13. The molecule has 208 valence electrons. The van der Waals surface area contributed by atoms with Gasteiger partial charge in [0.2, 0.25) is 0 Å². The molecule has 1 aliphatic rings. The average molecular weight is 536 g/mol. The maximum atomic E-state index is 12.7. The Labute approximate surface area is 228 Å². The summed E-state index contributed by atoms with van der Waals surface area (Å²) in [6, 6.07) is 8.91. The highest BCUT2D eigenvalue weighted by Gasteiger charge is 2.28. The van der Waals surface area contributed by atoms with E-state index in [9.17, 15) is 14.4 Å². The van der Waals surface area contributed by atoms with Crippen LogP contribution in [-0.4, -0.2) is 38.3 Å². The summed E-state index contributed by atoms with van der Waals surface area (Å²) < 4.78 is 12.3. The molecule has 1 aliphatic carbocycles. The number of anilines is 1. The summed E-state index contributed by atoms with van der Waals surface area (Å²) in [7, 11) is 0. The van der Waals surface area contributed by atoms with Gasteiger partial charge in [0, 0.05) is 24.1 Å². The van der Waals surface area contributed by atoms with Crippen LogP contribution in [0.1, 0.15) is 87.3 Å². The number of carbonyl (C=O) groups is 3. The summed E-state index contributed by atoms with van der Waals surface area (Å²) in [6.07, 6.45) is 4.36. The van der Waals surface area contributed by atoms with Crippen molar-refractivity contribution in [2.75, 3.05) is 5.32 Å². The molecule has 0 aliphatic heterocycles. The molecule has 0 bridgehead atoms. The molecule has 39 heavy (non-hydrogen) atoms. The van der Waals surface area contributed by atoms with Crippen LogP contribution in [0.5, 0.6) is 0 Å². The number of aromatic nitrogens is 3. The monoisotopic (exact) mass is 535 g/mol. The van der Waals surface area contributed by atoms with Crippen molar-refractivity contribution >= 4 is 23.6 Å². The van der Waals surface area contributed by atoms with Crippen LogP contribution in [0, 0.1) is 5.92 Å². The van der Waals surface area contributed by atoms with Crippen LogP contribution in [0.4, 0.5) is 10.6 Å². The molecule has 2 heterocycles. The van der Waals surface area contributed by atoms with E-state index in [1.54, 1.807) is 32.9 Å². The number of nitrogens with one attached hydrogen (secondary N) is 1. The fourth-order valence-electron chi connectivity index (χ4n) is 4.56. The highest BCUT2D eigenvalue weighted by Crippen LogP contribution is 2.32. The SMILES string of the molecule is CC(C)n1nc(-c2ccc(CC(=O)Cc3cc(CC4CCC4)no3)cc2)c(C(N)=O)c1NC(=O)OC(C)(C)C. The minimum absolute atomic E-state index is 0.0138. The van der Waals surface area contributed by atoms with E-state index in [4.69, 9.17) is 15.0 Å². The minimum atomic E-state index is -0.731. The summed E-state index contributed by atoms with van der Waals surface area (Å²) in [5.41, 5.74) is 7.79. The Morgan fingerprint density at radius 3 is 2.41 bits per heavy atom. The molecule has 3 N–H and O–H groups in total. The number of primary amides is 1. The average Bonchev–Trinajstić information content (AvgIpc) is 3.40. The molecule has 1 saturated carbocycles. The van der Waals surface area contributed by atoms with E-state index in [0.29, 0.717) is 22.9 Å². The number of Topliss-reactive ketones (excluding diaryl/α,β-unsaturated/α-hetero) is 1. The Morgan fingerprint density at radius 2 is 1.85 bits per heavy atom. The first-order chi connectivity index (χ1) is 18.4. The molecule has 3 aromatic rings. The fourth-order valence-corrected chi connectivity index (χ4v) is 4.56. The third-order valence-corrected chi connectivity index (χ3v) is 6.60. The van der Waals surface area contributed by atoms with Gasteiger partial charge >= 0.3 is 6.09 Å². The van der Waals surface area contributed by atoms with Gasteiger partial charge in [-0.05, 0) is 52.5 Å². The molecular formula is C29H37N5O5. The molecule has 0 radical (unpaired) electrons. The molecule has 4 rings (SSSR count). The molecule has 10 nitrogen and oxygen atoms in total. The lowest BCUT2D eigenvalue weighted by Gasteiger charge is -2.23. The van der Waals surface area contributed by atoms with Gasteiger partial charge in [0.1, 0.15) is 34.2 Å². The van der Waals surface area contributed by atoms with Gasteiger partial charge in [0.25, 0.3) is 5.91 Å². The first kappa shape index (κ1) is 28.1. The molecule has 2 aromatic heterocycles. The van der Waals surface area contributed by atoms with Gasteiger partial charge in [-0.15, -0.1) is 0 Å². The van der Waals surface area contributed by atoms with Crippen LogP contribution < -0.4 is 11.1 Å². The Hall–Kier alpha value is -3.95. The number of benzene rings is 1. The van der Waals surface area contributed by atoms with Gasteiger partial charge in [0.05, 0.1) is 12.1 Å². The van der Waals surface area contributed by atoms with E-state index in [0.717, 1.165) is 17.7 Å². The molecule has 10 heteroatoms. The quantitative estimate of drug-likeness (QED) is 0.360. The Bertz CT molecular complexity index is 1340. The Morgan fingerprint density at radius 1 is 1.15 bits per heavy atom.